The fourth-order valence-corrected chi connectivity index (χ4v) is 3.58. The van der Waals surface area contributed by atoms with Gasteiger partial charge in [0.2, 0.25) is 10.0 Å². The van der Waals surface area contributed by atoms with E-state index in [0.717, 1.165) is 24.7 Å². The van der Waals surface area contributed by atoms with E-state index in [1.54, 1.807) is 12.1 Å². The van der Waals surface area contributed by atoms with Gasteiger partial charge in [-0.2, -0.15) is 0 Å². The minimum absolute atomic E-state index is 0.312. The third-order valence-electron chi connectivity index (χ3n) is 4.48. The molecule has 1 aromatic rings. The molecule has 0 amide bonds. The number of nitrogens with one attached hydrogen (secondary N) is 2. The van der Waals surface area contributed by atoms with Gasteiger partial charge in [-0.05, 0) is 64.0 Å². The van der Waals surface area contributed by atoms with Crippen molar-refractivity contribution in [2.45, 2.75) is 30.7 Å². The molecule has 5 nitrogen and oxygen atoms in total. The number of sulfonamides is 1. The Balaban J connectivity index is 2.01. The van der Waals surface area contributed by atoms with Gasteiger partial charge in [-0.25, -0.2) is 13.1 Å². The number of hydrogen-bond donors (Lipinski definition) is 2. The summed E-state index contributed by atoms with van der Waals surface area (Å²) in [4.78, 5) is 2.64. The van der Waals surface area contributed by atoms with Crippen LogP contribution in [0.3, 0.4) is 0 Å². The third kappa shape index (κ3) is 3.75. The Labute approximate surface area is 127 Å². The molecule has 1 atom stereocenters. The van der Waals surface area contributed by atoms with Crippen molar-refractivity contribution >= 4 is 15.7 Å². The number of hydrogen-bond acceptors (Lipinski definition) is 4. The van der Waals surface area contributed by atoms with Gasteiger partial charge in [-0.1, -0.05) is 0 Å². The van der Waals surface area contributed by atoms with Crippen LogP contribution in [0.5, 0.6) is 0 Å². The molecule has 0 spiro atoms. The van der Waals surface area contributed by atoms with Crippen molar-refractivity contribution in [3.8, 4) is 0 Å². The van der Waals surface area contributed by atoms with Gasteiger partial charge in [-0.15, -0.1) is 0 Å². The number of anilines is 1. The first-order chi connectivity index (χ1) is 9.97. The summed E-state index contributed by atoms with van der Waals surface area (Å²) in [6.45, 7) is 4.28. The zero-order chi connectivity index (χ0) is 15.5. The molecule has 118 valence electrons. The molecule has 1 aromatic carbocycles. The van der Waals surface area contributed by atoms with E-state index in [4.69, 9.17) is 0 Å². The van der Waals surface area contributed by atoms with Crippen LogP contribution in [0.1, 0.15) is 19.8 Å². The summed E-state index contributed by atoms with van der Waals surface area (Å²) in [6, 6.07) is 7.68. The Kier molecular flexibility index (Phi) is 5.24. The lowest BCUT2D eigenvalue weighted by molar-refractivity contribution is 0.323. The van der Waals surface area contributed by atoms with Gasteiger partial charge in [0.1, 0.15) is 0 Å². The lowest BCUT2D eigenvalue weighted by atomic mass is 9.90. The molecule has 1 saturated heterocycles. The van der Waals surface area contributed by atoms with Gasteiger partial charge >= 0.3 is 0 Å². The van der Waals surface area contributed by atoms with Gasteiger partial charge in [0.05, 0.1) is 4.90 Å². The molecule has 21 heavy (non-hydrogen) atoms. The highest BCUT2D eigenvalue weighted by molar-refractivity contribution is 7.89. The maximum absolute atomic E-state index is 11.7. The van der Waals surface area contributed by atoms with Crippen LogP contribution in [0.4, 0.5) is 5.69 Å². The summed E-state index contributed by atoms with van der Waals surface area (Å²) in [7, 11) is 0.0935. The van der Waals surface area contributed by atoms with E-state index >= 15 is 0 Å². The Bertz CT molecular complexity index is 549. The van der Waals surface area contributed by atoms with E-state index in [1.807, 2.05) is 19.2 Å². The lowest BCUT2D eigenvalue weighted by Crippen LogP contribution is -2.40. The molecular formula is C15H25N3O2S. The van der Waals surface area contributed by atoms with Crippen molar-refractivity contribution in [2.24, 2.45) is 5.92 Å². The van der Waals surface area contributed by atoms with Gasteiger partial charge in [0.15, 0.2) is 0 Å². The smallest absolute Gasteiger partial charge is 0.240 e. The number of benzene rings is 1. The summed E-state index contributed by atoms with van der Waals surface area (Å²) in [5.74, 6) is 0.718. The Morgan fingerprint density at radius 3 is 2.19 bits per heavy atom. The number of nitrogens with zero attached hydrogens (tertiary/aromatic N) is 1. The first kappa shape index (κ1) is 16.3. The predicted octanol–water partition coefficient (Wildman–Crippen LogP) is 1.42. The fraction of sp³-hybridized carbons (Fsp3) is 0.600. The quantitative estimate of drug-likeness (QED) is 0.863. The molecule has 0 aliphatic carbocycles. The van der Waals surface area contributed by atoms with Crippen LogP contribution < -0.4 is 14.9 Å². The fourth-order valence-electron chi connectivity index (χ4n) is 2.85. The maximum Gasteiger partial charge on any atom is 0.240 e. The first-order valence-electron chi connectivity index (χ1n) is 7.43. The van der Waals surface area contributed by atoms with Crippen molar-refractivity contribution in [1.29, 1.82) is 0 Å². The van der Waals surface area contributed by atoms with Gasteiger partial charge in [0, 0.05) is 24.8 Å². The minimum Gasteiger partial charge on any atom is -0.372 e. The molecule has 2 N–H and O–H groups in total. The average molecular weight is 311 g/mol. The normalized spacial score (nSPS) is 18.7. The van der Waals surface area contributed by atoms with Crippen LogP contribution in [0.25, 0.3) is 0 Å². The van der Waals surface area contributed by atoms with Crippen LogP contribution in [0.2, 0.25) is 0 Å². The second kappa shape index (κ2) is 6.77. The Morgan fingerprint density at radius 1 is 1.14 bits per heavy atom. The number of piperidine rings is 1. The summed E-state index contributed by atoms with van der Waals surface area (Å²) < 4.78 is 25.7. The molecule has 1 aliphatic rings. The average Bonchev–Trinajstić information content (AvgIpc) is 2.54. The molecular weight excluding hydrogens is 286 g/mol. The van der Waals surface area contributed by atoms with Crippen LogP contribution >= 0.6 is 0 Å². The van der Waals surface area contributed by atoms with Crippen molar-refractivity contribution in [2.75, 3.05) is 32.1 Å². The van der Waals surface area contributed by atoms with Crippen molar-refractivity contribution in [1.82, 2.24) is 10.0 Å². The number of rotatable bonds is 5. The van der Waals surface area contributed by atoms with Crippen molar-refractivity contribution < 1.29 is 8.42 Å². The summed E-state index contributed by atoms with van der Waals surface area (Å²) >= 11 is 0. The molecule has 1 unspecified atom stereocenters. The third-order valence-corrected chi connectivity index (χ3v) is 5.91. The van der Waals surface area contributed by atoms with Crippen molar-refractivity contribution in [3.05, 3.63) is 24.3 Å². The minimum atomic E-state index is -3.35. The summed E-state index contributed by atoms with van der Waals surface area (Å²) in [6.07, 6.45) is 2.33. The topological polar surface area (TPSA) is 61.4 Å². The van der Waals surface area contributed by atoms with Crippen LogP contribution in [0.15, 0.2) is 29.2 Å². The highest BCUT2D eigenvalue weighted by Crippen LogP contribution is 2.26. The SMILES string of the molecule is CNC(C)C1CCN(c2ccc(S(=O)(=O)NC)cc2)CC1. The largest absolute Gasteiger partial charge is 0.372 e. The van der Waals surface area contributed by atoms with Crippen molar-refractivity contribution in [3.63, 3.8) is 0 Å². The molecule has 0 bridgehead atoms. The molecule has 1 fully saturated rings. The standard InChI is InChI=1S/C15H25N3O2S/c1-12(16-2)13-8-10-18(11-9-13)14-4-6-15(7-5-14)21(19,20)17-3/h4-7,12-13,16-17H,8-11H2,1-3H3. The van der Waals surface area contributed by atoms with E-state index in [1.165, 1.54) is 19.9 Å². The summed E-state index contributed by atoms with van der Waals surface area (Å²) in [5, 5.41) is 3.33. The zero-order valence-electron chi connectivity index (χ0n) is 13.0. The van der Waals surface area contributed by atoms with E-state index in [-0.39, 0.29) is 0 Å². The van der Waals surface area contributed by atoms with Crippen LogP contribution in [0, 0.1) is 5.92 Å². The molecule has 6 heteroatoms. The van der Waals surface area contributed by atoms with Gasteiger partial charge < -0.3 is 10.2 Å². The van der Waals surface area contributed by atoms with E-state index < -0.39 is 10.0 Å². The summed E-state index contributed by atoms with van der Waals surface area (Å²) in [5.41, 5.74) is 1.10. The van der Waals surface area contributed by atoms with Crippen LogP contribution in [-0.4, -0.2) is 41.6 Å². The second-order valence-corrected chi connectivity index (χ2v) is 7.49. The molecule has 1 heterocycles. The monoisotopic (exact) mass is 311 g/mol. The zero-order valence-corrected chi connectivity index (χ0v) is 13.8. The first-order valence-corrected chi connectivity index (χ1v) is 8.92. The molecule has 0 aromatic heterocycles. The Morgan fingerprint density at radius 2 is 1.71 bits per heavy atom. The molecule has 1 aliphatic heterocycles. The maximum atomic E-state index is 11.7. The van der Waals surface area contributed by atoms with E-state index in [2.05, 4.69) is 21.9 Å². The van der Waals surface area contributed by atoms with Gasteiger partial charge in [-0.3, -0.25) is 0 Å². The lowest BCUT2D eigenvalue weighted by Gasteiger charge is -2.36. The van der Waals surface area contributed by atoms with Gasteiger partial charge in [0.25, 0.3) is 0 Å². The highest BCUT2D eigenvalue weighted by atomic mass is 32.2. The molecule has 0 radical (unpaired) electrons. The Hall–Kier alpha value is -1.11. The predicted molar refractivity (Wildman–Crippen MR) is 86.1 cm³/mol. The molecule has 0 saturated carbocycles. The van der Waals surface area contributed by atoms with E-state index in [9.17, 15) is 8.42 Å². The van der Waals surface area contributed by atoms with Crippen LogP contribution in [-0.2, 0) is 10.0 Å². The van der Waals surface area contributed by atoms with E-state index in [0.29, 0.717) is 10.9 Å². The molecule has 2 rings (SSSR count). The highest BCUT2D eigenvalue weighted by Gasteiger charge is 2.23. The second-order valence-electron chi connectivity index (χ2n) is 5.60.